The molecular formula is C21H29NO3Si. The molecule has 0 aliphatic carbocycles. The summed E-state index contributed by atoms with van der Waals surface area (Å²) in [6, 6.07) is 14.5. The largest absolute Gasteiger partial charge is 0.493 e. The highest BCUT2D eigenvalue weighted by atomic mass is 28.2. The van der Waals surface area contributed by atoms with Crippen molar-refractivity contribution in [1.29, 1.82) is 0 Å². The zero-order valence-corrected chi connectivity index (χ0v) is 17.3. The van der Waals surface area contributed by atoms with Gasteiger partial charge in [0, 0.05) is 18.7 Å². The van der Waals surface area contributed by atoms with Gasteiger partial charge >= 0.3 is 0 Å². The van der Waals surface area contributed by atoms with Crippen LogP contribution in [0, 0.1) is 0 Å². The summed E-state index contributed by atoms with van der Waals surface area (Å²) >= 11 is 0. The summed E-state index contributed by atoms with van der Waals surface area (Å²) in [6.07, 6.45) is 4.02. The third kappa shape index (κ3) is 4.66. The van der Waals surface area contributed by atoms with Crippen LogP contribution in [0.2, 0.25) is 0 Å². The number of hydrogen-bond acceptors (Lipinski definition) is 4. The van der Waals surface area contributed by atoms with Crippen molar-refractivity contribution in [3.8, 4) is 22.6 Å². The molecule has 0 amide bonds. The monoisotopic (exact) mass is 371 g/mol. The molecule has 0 unspecified atom stereocenters. The molecule has 1 aliphatic heterocycles. The van der Waals surface area contributed by atoms with Gasteiger partial charge in [-0.3, -0.25) is 0 Å². The van der Waals surface area contributed by atoms with E-state index in [-0.39, 0.29) is 0 Å². The second-order valence-electron chi connectivity index (χ2n) is 6.66. The molecule has 140 valence electrons. The summed E-state index contributed by atoms with van der Waals surface area (Å²) in [6.45, 7) is 4.29. The first kappa shape index (κ1) is 19.0. The Bertz CT molecular complexity index is 687. The van der Waals surface area contributed by atoms with Gasteiger partial charge in [-0.15, -0.1) is 0 Å². The summed E-state index contributed by atoms with van der Waals surface area (Å²) in [4.78, 5) is 2.52. The van der Waals surface area contributed by atoms with Gasteiger partial charge in [-0.25, -0.2) is 0 Å². The fourth-order valence-corrected chi connectivity index (χ4v) is 4.78. The van der Waals surface area contributed by atoms with E-state index in [0.717, 1.165) is 35.8 Å². The molecular weight excluding hydrogens is 342 g/mol. The van der Waals surface area contributed by atoms with Crippen LogP contribution in [0.1, 0.15) is 19.3 Å². The summed E-state index contributed by atoms with van der Waals surface area (Å²) in [5.74, 6) is 1.56. The summed E-state index contributed by atoms with van der Waals surface area (Å²) in [7, 11) is 2.53. The minimum Gasteiger partial charge on any atom is -0.493 e. The average Bonchev–Trinajstić information content (AvgIpc) is 2.72. The van der Waals surface area contributed by atoms with Crippen molar-refractivity contribution >= 4 is 14.9 Å². The molecule has 5 heteroatoms. The molecule has 0 bridgehead atoms. The SMILES string of the molecule is COc1ccc([SiH2]OCCN2CCCCC2)c(-c2ccccc2)c1OC. The Morgan fingerprint density at radius 2 is 1.69 bits per heavy atom. The van der Waals surface area contributed by atoms with Gasteiger partial charge in [0.15, 0.2) is 21.3 Å². The molecule has 4 nitrogen and oxygen atoms in total. The van der Waals surface area contributed by atoms with Crippen LogP contribution in [0.5, 0.6) is 11.5 Å². The highest BCUT2D eigenvalue weighted by molar-refractivity contribution is 6.49. The predicted octanol–water partition coefficient (Wildman–Crippen LogP) is 2.58. The van der Waals surface area contributed by atoms with Gasteiger partial charge in [-0.05, 0) is 42.7 Å². The Morgan fingerprint density at radius 1 is 0.923 bits per heavy atom. The molecule has 2 aromatic carbocycles. The van der Waals surface area contributed by atoms with E-state index in [0.29, 0.717) is 0 Å². The van der Waals surface area contributed by atoms with Crippen molar-refractivity contribution < 1.29 is 13.9 Å². The van der Waals surface area contributed by atoms with Crippen molar-refractivity contribution in [2.24, 2.45) is 0 Å². The summed E-state index contributed by atoms with van der Waals surface area (Å²) in [5, 5.41) is 1.26. The lowest BCUT2D eigenvalue weighted by Crippen LogP contribution is -2.33. The molecule has 0 saturated carbocycles. The number of piperidine rings is 1. The second-order valence-corrected chi connectivity index (χ2v) is 8.11. The number of hydrogen-bond donors (Lipinski definition) is 0. The van der Waals surface area contributed by atoms with E-state index in [4.69, 9.17) is 13.9 Å². The second kappa shape index (κ2) is 9.76. The lowest BCUT2D eigenvalue weighted by molar-refractivity contribution is 0.187. The van der Waals surface area contributed by atoms with Crippen LogP contribution in [-0.2, 0) is 4.43 Å². The maximum Gasteiger partial charge on any atom is 0.193 e. The Morgan fingerprint density at radius 3 is 2.38 bits per heavy atom. The van der Waals surface area contributed by atoms with Crippen molar-refractivity contribution in [3.05, 3.63) is 42.5 Å². The van der Waals surface area contributed by atoms with E-state index in [9.17, 15) is 0 Å². The fraction of sp³-hybridized carbons (Fsp3) is 0.429. The Kier molecular flexibility index (Phi) is 7.11. The molecule has 26 heavy (non-hydrogen) atoms. The Hall–Kier alpha value is -1.82. The molecule has 1 saturated heterocycles. The van der Waals surface area contributed by atoms with Crippen LogP contribution in [0.25, 0.3) is 11.1 Å². The minimum atomic E-state index is -0.847. The Balaban J connectivity index is 1.73. The number of likely N-dealkylation sites (tertiary alicyclic amines) is 1. The third-order valence-corrected chi connectivity index (χ3v) is 6.35. The molecule has 2 aromatic rings. The lowest BCUT2D eigenvalue weighted by atomic mass is 10.0. The van der Waals surface area contributed by atoms with Gasteiger partial charge in [-0.1, -0.05) is 42.8 Å². The molecule has 0 N–H and O–H groups in total. The standard InChI is InChI=1S/C21H29NO3Si/c1-23-18-11-12-19(26-25-16-15-22-13-7-4-8-14-22)20(21(18)24-2)17-9-5-3-6-10-17/h3,5-6,9-12H,4,7-8,13-16,26H2,1-2H3. The predicted molar refractivity (Wildman–Crippen MR) is 109 cm³/mol. The highest BCUT2D eigenvalue weighted by Crippen LogP contribution is 2.36. The number of ether oxygens (including phenoxy) is 2. The van der Waals surface area contributed by atoms with Gasteiger partial charge < -0.3 is 18.8 Å². The fourth-order valence-electron chi connectivity index (χ4n) is 3.57. The molecule has 0 aromatic heterocycles. The van der Waals surface area contributed by atoms with Gasteiger partial charge in [0.05, 0.1) is 14.2 Å². The molecule has 0 atom stereocenters. The topological polar surface area (TPSA) is 30.9 Å². The number of nitrogens with zero attached hydrogens (tertiary/aromatic N) is 1. The molecule has 1 fully saturated rings. The van der Waals surface area contributed by atoms with Crippen LogP contribution in [-0.4, -0.2) is 55.1 Å². The number of benzene rings is 2. The summed E-state index contributed by atoms with van der Waals surface area (Å²) in [5.41, 5.74) is 2.25. The van der Waals surface area contributed by atoms with E-state index < -0.39 is 9.76 Å². The van der Waals surface area contributed by atoms with E-state index >= 15 is 0 Å². The van der Waals surface area contributed by atoms with Gasteiger partial charge in [0.25, 0.3) is 0 Å². The number of rotatable bonds is 8. The van der Waals surface area contributed by atoms with Gasteiger partial charge in [0.2, 0.25) is 0 Å². The van der Waals surface area contributed by atoms with Crippen LogP contribution in [0.4, 0.5) is 0 Å². The van der Waals surface area contributed by atoms with Crippen molar-refractivity contribution in [3.63, 3.8) is 0 Å². The normalized spacial score (nSPS) is 15.5. The van der Waals surface area contributed by atoms with E-state index in [1.807, 2.05) is 12.1 Å². The van der Waals surface area contributed by atoms with Crippen LogP contribution in [0.15, 0.2) is 42.5 Å². The first-order chi connectivity index (χ1) is 12.8. The van der Waals surface area contributed by atoms with Crippen molar-refractivity contribution in [2.75, 3.05) is 40.5 Å². The average molecular weight is 372 g/mol. The van der Waals surface area contributed by atoms with Crippen molar-refractivity contribution in [1.82, 2.24) is 4.90 Å². The van der Waals surface area contributed by atoms with Crippen molar-refractivity contribution in [2.45, 2.75) is 19.3 Å². The maximum absolute atomic E-state index is 6.16. The first-order valence-electron chi connectivity index (χ1n) is 9.43. The number of methoxy groups -OCH3 is 2. The third-order valence-electron chi connectivity index (χ3n) is 4.95. The summed E-state index contributed by atoms with van der Waals surface area (Å²) < 4.78 is 17.4. The zero-order chi connectivity index (χ0) is 18.2. The first-order valence-corrected chi connectivity index (χ1v) is 10.7. The smallest absolute Gasteiger partial charge is 0.193 e. The molecule has 0 spiro atoms. The minimum absolute atomic E-state index is 0.761. The lowest BCUT2D eigenvalue weighted by Gasteiger charge is -2.26. The quantitative estimate of drug-likeness (QED) is 0.527. The zero-order valence-electron chi connectivity index (χ0n) is 15.9. The van der Waals surface area contributed by atoms with E-state index in [1.165, 1.54) is 37.5 Å². The Labute approximate surface area is 159 Å². The van der Waals surface area contributed by atoms with Gasteiger partial charge in [0.1, 0.15) is 0 Å². The van der Waals surface area contributed by atoms with Crippen LogP contribution in [0.3, 0.4) is 0 Å². The maximum atomic E-state index is 6.16. The van der Waals surface area contributed by atoms with Gasteiger partial charge in [-0.2, -0.15) is 0 Å². The van der Waals surface area contributed by atoms with E-state index in [1.54, 1.807) is 14.2 Å². The molecule has 3 rings (SSSR count). The van der Waals surface area contributed by atoms with Crippen LogP contribution < -0.4 is 14.7 Å². The molecule has 0 radical (unpaired) electrons. The highest BCUT2D eigenvalue weighted by Gasteiger charge is 2.17. The molecule has 1 heterocycles. The molecule has 1 aliphatic rings. The van der Waals surface area contributed by atoms with Crippen LogP contribution >= 0.6 is 0 Å². The van der Waals surface area contributed by atoms with E-state index in [2.05, 4.69) is 35.2 Å².